The Kier molecular flexibility index (Phi) is 4.69. The van der Waals surface area contributed by atoms with E-state index in [-0.39, 0.29) is 6.04 Å². The van der Waals surface area contributed by atoms with E-state index in [1.54, 1.807) is 20.5 Å². The first-order chi connectivity index (χ1) is 9.65. The molecule has 108 valence electrons. The standard InChI is InChI=1S/C16H21NO3/c1-11-8-15(18-3)16(19-4)9-14(11)12(2)17-10-13-6-5-7-20-13/h5-9,12,17H,10H2,1-4H3. The Hall–Kier alpha value is -1.94. The molecular weight excluding hydrogens is 254 g/mol. The Labute approximate surface area is 119 Å². The van der Waals surface area contributed by atoms with Gasteiger partial charge in [0.2, 0.25) is 0 Å². The van der Waals surface area contributed by atoms with E-state index in [1.807, 2.05) is 24.3 Å². The van der Waals surface area contributed by atoms with Gasteiger partial charge in [-0.25, -0.2) is 0 Å². The number of furan rings is 1. The topological polar surface area (TPSA) is 43.6 Å². The van der Waals surface area contributed by atoms with Crippen LogP contribution in [-0.4, -0.2) is 14.2 Å². The van der Waals surface area contributed by atoms with E-state index in [0.717, 1.165) is 17.3 Å². The number of methoxy groups -OCH3 is 2. The number of rotatable bonds is 6. The van der Waals surface area contributed by atoms with Gasteiger partial charge in [0, 0.05) is 6.04 Å². The minimum atomic E-state index is 0.194. The van der Waals surface area contributed by atoms with Crippen LogP contribution in [0.5, 0.6) is 11.5 Å². The van der Waals surface area contributed by atoms with E-state index in [9.17, 15) is 0 Å². The van der Waals surface area contributed by atoms with Crippen molar-refractivity contribution in [1.82, 2.24) is 5.32 Å². The highest BCUT2D eigenvalue weighted by molar-refractivity contribution is 5.47. The third-order valence-electron chi connectivity index (χ3n) is 3.40. The molecule has 1 N–H and O–H groups in total. The van der Waals surface area contributed by atoms with Crippen molar-refractivity contribution in [3.05, 3.63) is 47.4 Å². The van der Waals surface area contributed by atoms with Crippen molar-refractivity contribution in [2.24, 2.45) is 0 Å². The van der Waals surface area contributed by atoms with Crippen molar-refractivity contribution in [2.75, 3.05) is 14.2 Å². The SMILES string of the molecule is COc1cc(C)c(C(C)NCc2ccco2)cc1OC. The Balaban J connectivity index is 2.14. The van der Waals surface area contributed by atoms with Crippen molar-refractivity contribution in [3.8, 4) is 11.5 Å². The number of nitrogens with one attached hydrogen (secondary N) is 1. The van der Waals surface area contributed by atoms with Crippen LogP contribution >= 0.6 is 0 Å². The van der Waals surface area contributed by atoms with Gasteiger partial charge in [-0.3, -0.25) is 0 Å². The fourth-order valence-corrected chi connectivity index (χ4v) is 2.24. The molecule has 0 aliphatic carbocycles. The summed E-state index contributed by atoms with van der Waals surface area (Å²) in [4.78, 5) is 0. The Morgan fingerprint density at radius 2 is 1.90 bits per heavy atom. The summed E-state index contributed by atoms with van der Waals surface area (Å²) in [6.45, 7) is 4.89. The number of ether oxygens (including phenoxy) is 2. The summed E-state index contributed by atoms with van der Waals surface area (Å²) >= 11 is 0. The summed E-state index contributed by atoms with van der Waals surface area (Å²) in [7, 11) is 3.30. The van der Waals surface area contributed by atoms with Gasteiger partial charge in [-0.2, -0.15) is 0 Å². The molecule has 20 heavy (non-hydrogen) atoms. The molecule has 2 rings (SSSR count). The number of hydrogen-bond acceptors (Lipinski definition) is 4. The van der Waals surface area contributed by atoms with Gasteiger partial charge in [0.25, 0.3) is 0 Å². The maximum absolute atomic E-state index is 5.36. The van der Waals surface area contributed by atoms with Crippen LogP contribution in [0.1, 0.15) is 29.9 Å². The van der Waals surface area contributed by atoms with Crippen LogP contribution in [-0.2, 0) is 6.54 Å². The molecule has 2 aromatic rings. The first-order valence-electron chi connectivity index (χ1n) is 6.64. The third-order valence-corrected chi connectivity index (χ3v) is 3.40. The quantitative estimate of drug-likeness (QED) is 0.877. The van der Waals surface area contributed by atoms with Gasteiger partial charge in [-0.05, 0) is 49.2 Å². The molecule has 1 heterocycles. The van der Waals surface area contributed by atoms with Gasteiger partial charge in [-0.1, -0.05) is 0 Å². The van der Waals surface area contributed by atoms with Crippen LogP contribution in [0.3, 0.4) is 0 Å². The molecule has 1 unspecified atom stereocenters. The fourth-order valence-electron chi connectivity index (χ4n) is 2.24. The molecule has 0 aliphatic rings. The Morgan fingerprint density at radius 1 is 1.20 bits per heavy atom. The maximum Gasteiger partial charge on any atom is 0.161 e. The second kappa shape index (κ2) is 6.48. The summed E-state index contributed by atoms with van der Waals surface area (Å²) in [6, 6.07) is 8.07. The van der Waals surface area contributed by atoms with E-state index >= 15 is 0 Å². The molecule has 4 nitrogen and oxygen atoms in total. The number of benzene rings is 1. The van der Waals surface area contributed by atoms with E-state index in [1.165, 1.54) is 11.1 Å². The molecule has 0 fully saturated rings. The van der Waals surface area contributed by atoms with Gasteiger partial charge in [0.15, 0.2) is 11.5 Å². The molecule has 0 spiro atoms. The molecule has 0 radical (unpaired) electrons. The zero-order chi connectivity index (χ0) is 14.5. The normalized spacial score (nSPS) is 12.2. The van der Waals surface area contributed by atoms with Crippen LogP contribution in [0, 0.1) is 6.92 Å². The summed E-state index contributed by atoms with van der Waals surface area (Å²) in [5, 5.41) is 3.44. The lowest BCUT2D eigenvalue weighted by Crippen LogP contribution is -2.18. The van der Waals surface area contributed by atoms with Crippen molar-refractivity contribution in [2.45, 2.75) is 26.4 Å². The summed E-state index contributed by atoms with van der Waals surface area (Å²) in [5.41, 5.74) is 2.36. The van der Waals surface area contributed by atoms with Crippen molar-refractivity contribution >= 4 is 0 Å². The van der Waals surface area contributed by atoms with Gasteiger partial charge < -0.3 is 19.2 Å². The van der Waals surface area contributed by atoms with Crippen LogP contribution in [0.2, 0.25) is 0 Å². The van der Waals surface area contributed by atoms with Crippen LogP contribution in [0.25, 0.3) is 0 Å². The maximum atomic E-state index is 5.36. The lowest BCUT2D eigenvalue weighted by Gasteiger charge is -2.18. The molecular formula is C16H21NO3. The average molecular weight is 275 g/mol. The van der Waals surface area contributed by atoms with Crippen molar-refractivity contribution in [1.29, 1.82) is 0 Å². The second-order valence-corrected chi connectivity index (χ2v) is 4.75. The predicted molar refractivity (Wildman–Crippen MR) is 78.2 cm³/mol. The van der Waals surface area contributed by atoms with Crippen molar-refractivity contribution < 1.29 is 13.9 Å². The molecule has 1 aromatic heterocycles. The lowest BCUT2D eigenvalue weighted by molar-refractivity contribution is 0.353. The van der Waals surface area contributed by atoms with Gasteiger partial charge in [0.05, 0.1) is 27.0 Å². The van der Waals surface area contributed by atoms with Crippen LogP contribution in [0.15, 0.2) is 34.9 Å². The summed E-state index contributed by atoms with van der Waals surface area (Å²) < 4.78 is 16.0. The van der Waals surface area contributed by atoms with Gasteiger partial charge >= 0.3 is 0 Å². The van der Waals surface area contributed by atoms with E-state index in [4.69, 9.17) is 13.9 Å². The number of aryl methyl sites for hydroxylation is 1. The monoisotopic (exact) mass is 275 g/mol. The fraction of sp³-hybridized carbons (Fsp3) is 0.375. The summed E-state index contributed by atoms with van der Waals surface area (Å²) in [5.74, 6) is 2.43. The predicted octanol–water partition coefficient (Wildman–Crippen LogP) is 3.46. The number of hydrogen-bond donors (Lipinski definition) is 1. The zero-order valence-electron chi connectivity index (χ0n) is 12.4. The molecule has 0 saturated carbocycles. The first-order valence-corrected chi connectivity index (χ1v) is 6.64. The van der Waals surface area contributed by atoms with E-state index in [2.05, 4.69) is 19.2 Å². The minimum Gasteiger partial charge on any atom is -0.493 e. The highest BCUT2D eigenvalue weighted by atomic mass is 16.5. The smallest absolute Gasteiger partial charge is 0.161 e. The first kappa shape index (κ1) is 14.5. The molecule has 1 aromatic carbocycles. The lowest BCUT2D eigenvalue weighted by atomic mass is 10.0. The molecule has 0 aliphatic heterocycles. The average Bonchev–Trinajstić information content (AvgIpc) is 2.97. The minimum absolute atomic E-state index is 0.194. The molecule has 4 heteroatoms. The van der Waals surface area contributed by atoms with Crippen LogP contribution in [0.4, 0.5) is 0 Å². The molecule has 1 atom stereocenters. The van der Waals surface area contributed by atoms with E-state index in [0.29, 0.717) is 6.54 Å². The highest BCUT2D eigenvalue weighted by Crippen LogP contribution is 2.32. The highest BCUT2D eigenvalue weighted by Gasteiger charge is 2.13. The van der Waals surface area contributed by atoms with Crippen molar-refractivity contribution in [3.63, 3.8) is 0 Å². The van der Waals surface area contributed by atoms with E-state index < -0.39 is 0 Å². The Bertz CT molecular complexity index is 549. The molecule has 0 bridgehead atoms. The second-order valence-electron chi connectivity index (χ2n) is 4.75. The van der Waals surface area contributed by atoms with Gasteiger partial charge in [0.1, 0.15) is 5.76 Å². The molecule has 0 saturated heterocycles. The third kappa shape index (κ3) is 3.14. The van der Waals surface area contributed by atoms with Crippen LogP contribution < -0.4 is 14.8 Å². The zero-order valence-corrected chi connectivity index (χ0v) is 12.4. The molecule has 0 amide bonds. The summed E-state index contributed by atoms with van der Waals surface area (Å²) in [6.07, 6.45) is 1.68. The largest absolute Gasteiger partial charge is 0.493 e. The Morgan fingerprint density at radius 3 is 2.50 bits per heavy atom. The van der Waals surface area contributed by atoms with Gasteiger partial charge in [-0.15, -0.1) is 0 Å².